The number of nitrogens with one attached hydrogen (secondary N) is 3. The van der Waals surface area contributed by atoms with Gasteiger partial charge in [-0.25, -0.2) is 4.79 Å². The van der Waals surface area contributed by atoms with Gasteiger partial charge in [0.05, 0.1) is 12.7 Å². The summed E-state index contributed by atoms with van der Waals surface area (Å²) in [5, 5.41) is 41.4. The van der Waals surface area contributed by atoms with Gasteiger partial charge in [0.15, 0.2) is 0 Å². The van der Waals surface area contributed by atoms with Crippen LogP contribution in [0.4, 0.5) is 11.5 Å². The fourth-order valence-corrected chi connectivity index (χ4v) is 1.39. The van der Waals surface area contributed by atoms with E-state index in [9.17, 15) is 24.7 Å². The molecule has 0 spiro atoms. The Hall–Kier alpha value is -2.08. The minimum atomic E-state index is -1.66. The van der Waals surface area contributed by atoms with Crippen molar-refractivity contribution in [2.45, 2.75) is 18.3 Å². The molecule has 11 nitrogen and oxygen atoms in total. The fourth-order valence-electron chi connectivity index (χ4n) is 1.39. The molecule has 1 aromatic heterocycles. The van der Waals surface area contributed by atoms with E-state index in [1.165, 1.54) is 0 Å². The van der Waals surface area contributed by atoms with Gasteiger partial charge < -0.3 is 25.7 Å². The molecule has 7 N–H and O–H groups in total. The maximum atomic E-state index is 11.2. The lowest BCUT2D eigenvalue weighted by Crippen LogP contribution is -2.43. The zero-order chi connectivity index (χ0) is 15.3. The second kappa shape index (κ2) is 6.91. The maximum absolute atomic E-state index is 11.2. The Balaban J connectivity index is 2.82. The molecule has 20 heavy (non-hydrogen) atoms. The Labute approximate surface area is 110 Å². The third-order valence-electron chi connectivity index (χ3n) is 2.47. The lowest BCUT2D eigenvalue weighted by Gasteiger charge is -2.22. The number of nitroso groups, excluding NO2 is 1. The second-order valence-electron chi connectivity index (χ2n) is 3.91. The van der Waals surface area contributed by atoms with Crippen LogP contribution in [0.15, 0.2) is 14.8 Å². The van der Waals surface area contributed by atoms with Gasteiger partial charge in [0.25, 0.3) is 5.56 Å². The Morgan fingerprint density at radius 3 is 2.35 bits per heavy atom. The molecule has 0 bridgehead atoms. The number of nitrogens with zero attached hydrogens (tertiary/aromatic N) is 1. The first-order chi connectivity index (χ1) is 9.40. The van der Waals surface area contributed by atoms with Crippen molar-refractivity contribution in [3.05, 3.63) is 25.7 Å². The van der Waals surface area contributed by atoms with E-state index in [0.29, 0.717) is 0 Å². The van der Waals surface area contributed by atoms with E-state index in [2.05, 4.69) is 15.5 Å². The standard InChI is InChI=1S/C9H14N4O7/c14-2-4(16)6(17)3(15)1-10-7-5(13-20)8(18)12-9(19)11-7/h3-4,6,14-17H,1-2H2,(H3,10,11,12,18,19)/t3-,4+,6-/m0/s1. The van der Waals surface area contributed by atoms with Crippen LogP contribution in [0.5, 0.6) is 0 Å². The van der Waals surface area contributed by atoms with Gasteiger partial charge in [-0.1, -0.05) is 0 Å². The molecule has 1 heterocycles. The molecule has 112 valence electrons. The van der Waals surface area contributed by atoms with E-state index in [4.69, 9.17) is 10.2 Å². The Kier molecular flexibility index (Phi) is 5.52. The summed E-state index contributed by atoms with van der Waals surface area (Å²) in [6.07, 6.45) is -4.75. The lowest BCUT2D eigenvalue weighted by atomic mass is 10.1. The van der Waals surface area contributed by atoms with Crippen LogP contribution in [0.3, 0.4) is 0 Å². The van der Waals surface area contributed by atoms with Crippen LogP contribution >= 0.6 is 0 Å². The number of aromatic nitrogens is 2. The first kappa shape index (κ1) is 16.0. The van der Waals surface area contributed by atoms with Crippen LogP contribution in [0.1, 0.15) is 0 Å². The van der Waals surface area contributed by atoms with E-state index in [1.54, 1.807) is 4.98 Å². The smallest absolute Gasteiger partial charge is 0.327 e. The highest BCUT2D eigenvalue weighted by atomic mass is 16.4. The molecule has 0 radical (unpaired) electrons. The van der Waals surface area contributed by atoms with Gasteiger partial charge in [-0.2, -0.15) is 0 Å². The predicted octanol–water partition coefficient (Wildman–Crippen LogP) is -3.05. The van der Waals surface area contributed by atoms with Crippen LogP contribution in [0.2, 0.25) is 0 Å². The van der Waals surface area contributed by atoms with E-state index in [0.717, 1.165) is 0 Å². The summed E-state index contributed by atoms with van der Waals surface area (Å²) >= 11 is 0. The molecule has 0 aliphatic carbocycles. The van der Waals surface area contributed by atoms with Crippen LogP contribution < -0.4 is 16.6 Å². The fraction of sp³-hybridized carbons (Fsp3) is 0.556. The number of hydrogen-bond donors (Lipinski definition) is 7. The van der Waals surface area contributed by atoms with Gasteiger partial charge in [-0.15, -0.1) is 4.91 Å². The Bertz CT molecular complexity index is 568. The van der Waals surface area contributed by atoms with Crippen LogP contribution in [-0.4, -0.2) is 61.9 Å². The number of hydrogen-bond acceptors (Lipinski definition) is 9. The molecule has 0 saturated carbocycles. The lowest BCUT2D eigenvalue weighted by molar-refractivity contribution is -0.0715. The normalized spacial score (nSPS) is 15.4. The molecule has 11 heteroatoms. The highest BCUT2D eigenvalue weighted by Gasteiger charge is 2.24. The van der Waals surface area contributed by atoms with Crippen molar-refractivity contribution >= 4 is 11.5 Å². The van der Waals surface area contributed by atoms with Crippen molar-refractivity contribution < 1.29 is 20.4 Å². The first-order valence-electron chi connectivity index (χ1n) is 5.49. The highest BCUT2D eigenvalue weighted by molar-refractivity contribution is 5.58. The van der Waals surface area contributed by atoms with E-state index < -0.39 is 48.4 Å². The monoisotopic (exact) mass is 290 g/mol. The third kappa shape index (κ3) is 3.71. The summed E-state index contributed by atoms with van der Waals surface area (Å²) < 4.78 is 0. The van der Waals surface area contributed by atoms with Gasteiger partial charge in [0.1, 0.15) is 18.0 Å². The summed E-state index contributed by atoms with van der Waals surface area (Å²) in [4.78, 5) is 36.6. The molecule has 0 amide bonds. The van der Waals surface area contributed by atoms with Crippen LogP contribution in [0.25, 0.3) is 0 Å². The quantitative estimate of drug-likeness (QED) is 0.258. The number of anilines is 1. The summed E-state index contributed by atoms with van der Waals surface area (Å²) in [5.41, 5.74) is -2.54. The van der Waals surface area contributed by atoms with Gasteiger partial charge >= 0.3 is 5.69 Å². The average Bonchev–Trinajstić information content (AvgIpc) is 2.42. The second-order valence-corrected chi connectivity index (χ2v) is 3.91. The summed E-state index contributed by atoms with van der Waals surface area (Å²) in [7, 11) is 0. The Morgan fingerprint density at radius 2 is 1.80 bits per heavy atom. The molecule has 0 aliphatic heterocycles. The zero-order valence-corrected chi connectivity index (χ0v) is 10.1. The molecule has 0 fully saturated rings. The molecule has 0 saturated heterocycles. The van der Waals surface area contributed by atoms with Gasteiger partial charge in [-0.05, 0) is 5.18 Å². The third-order valence-corrected chi connectivity index (χ3v) is 2.47. The SMILES string of the molecule is O=Nc1c(NC[C@H](O)[C@H](O)[C@H](O)CO)[nH]c(=O)[nH]c1=O. The van der Waals surface area contributed by atoms with Gasteiger partial charge in [-0.3, -0.25) is 14.8 Å². The first-order valence-corrected chi connectivity index (χ1v) is 5.49. The maximum Gasteiger partial charge on any atom is 0.327 e. The molecular weight excluding hydrogens is 276 g/mol. The number of aromatic amines is 2. The summed E-state index contributed by atoms with van der Waals surface area (Å²) in [6, 6.07) is 0. The zero-order valence-electron chi connectivity index (χ0n) is 10.1. The van der Waals surface area contributed by atoms with Crippen molar-refractivity contribution in [2.75, 3.05) is 18.5 Å². The van der Waals surface area contributed by atoms with Gasteiger partial charge in [0.2, 0.25) is 5.69 Å². The summed E-state index contributed by atoms with van der Waals surface area (Å²) in [6.45, 7) is -1.18. The molecule has 1 aromatic rings. The summed E-state index contributed by atoms with van der Waals surface area (Å²) in [5.74, 6) is -0.335. The molecule has 1 rings (SSSR count). The Morgan fingerprint density at radius 1 is 1.15 bits per heavy atom. The predicted molar refractivity (Wildman–Crippen MR) is 66.7 cm³/mol. The topological polar surface area (TPSA) is 188 Å². The molecule has 0 aromatic carbocycles. The van der Waals surface area contributed by atoms with E-state index in [1.807, 2.05) is 0 Å². The molecule has 3 atom stereocenters. The largest absolute Gasteiger partial charge is 0.394 e. The van der Waals surface area contributed by atoms with Gasteiger partial charge in [0, 0.05) is 6.54 Å². The van der Waals surface area contributed by atoms with Crippen molar-refractivity contribution in [3.63, 3.8) is 0 Å². The minimum Gasteiger partial charge on any atom is -0.394 e. The number of aliphatic hydroxyl groups is 4. The highest BCUT2D eigenvalue weighted by Crippen LogP contribution is 2.14. The number of rotatable bonds is 7. The average molecular weight is 290 g/mol. The van der Waals surface area contributed by atoms with E-state index in [-0.39, 0.29) is 5.82 Å². The number of aliphatic hydroxyl groups excluding tert-OH is 4. The van der Waals surface area contributed by atoms with Crippen LogP contribution in [0, 0.1) is 4.91 Å². The molecule has 0 aliphatic rings. The number of H-pyrrole nitrogens is 2. The van der Waals surface area contributed by atoms with Crippen molar-refractivity contribution in [2.24, 2.45) is 5.18 Å². The molecular formula is C9H14N4O7. The van der Waals surface area contributed by atoms with Crippen molar-refractivity contribution in [1.82, 2.24) is 9.97 Å². The van der Waals surface area contributed by atoms with E-state index >= 15 is 0 Å². The minimum absolute atomic E-state index is 0.335. The van der Waals surface area contributed by atoms with Crippen LogP contribution in [-0.2, 0) is 0 Å². The molecule has 0 unspecified atom stereocenters. The van der Waals surface area contributed by atoms with Crippen molar-refractivity contribution in [3.8, 4) is 0 Å². The van der Waals surface area contributed by atoms with Crippen molar-refractivity contribution in [1.29, 1.82) is 0 Å².